The van der Waals surface area contributed by atoms with E-state index in [1.54, 1.807) is 6.92 Å². The van der Waals surface area contributed by atoms with Gasteiger partial charge in [0.25, 0.3) is 5.91 Å². The normalized spacial score (nSPS) is 10.5. The highest BCUT2D eigenvalue weighted by Crippen LogP contribution is 2.17. The van der Waals surface area contributed by atoms with Gasteiger partial charge in [0.15, 0.2) is 6.29 Å². The smallest absolute Gasteiger partial charge is 0.259 e. The molecular weight excluding hydrogens is 328 g/mol. The van der Waals surface area contributed by atoms with Crippen molar-refractivity contribution >= 4 is 17.9 Å². The molecule has 0 radical (unpaired) electrons. The highest BCUT2D eigenvalue weighted by Gasteiger charge is 2.15. The number of aldehydes is 1. The first-order chi connectivity index (χ1) is 12.0. The minimum absolute atomic E-state index is 0.0849. The van der Waals surface area contributed by atoms with Gasteiger partial charge in [-0.25, -0.2) is 13.5 Å². The number of hydrogen-bond donors (Lipinski definition) is 1. The molecule has 0 unspecified atom stereocenters. The molecule has 5 nitrogen and oxygen atoms in total. The van der Waals surface area contributed by atoms with E-state index in [1.165, 1.54) is 47.3 Å². The second kappa shape index (κ2) is 6.64. The van der Waals surface area contributed by atoms with Crippen LogP contribution in [0.1, 0.15) is 26.4 Å². The van der Waals surface area contributed by atoms with Crippen molar-refractivity contribution in [3.63, 3.8) is 0 Å². The molecule has 0 fully saturated rings. The van der Waals surface area contributed by atoms with Gasteiger partial charge in [-0.15, -0.1) is 0 Å². The molecule has 0 aliphatic rings. The number of amides is 1. The Morgan fingerprint density at radius 2 is 1.88 bits per heavy atom. The number of carbonyl (C=O) groups is 2. The van der Waals surface area contributed by atoms with Crippen molar-refractivity contribution in [3.05, 3.63) is 77.1 Å². The summed E-state index contributed by atoms with van der Waals surface area (Å²) in [5.41, 5.74) is 1.50. The van der Waals surface area contributed by atoms with Crippen LogP contribution >= 0.6 is 0 Å². The van der Waals surface area contributed by atoms with Gasteiger partial charge < -0.3 is 5.32 Å². The molecule has 126 valence electrons. The average molecular weight is 341 g/mol. The molecule has 1 aromatic heterocycles. The topological polar surface area (TPSA) is 64.0 Å². The van der Waals surface area contributed by atoms with Crippen LogP contribution in [0.4, 0.5) is 14.5 Å². The van der Waals surface area contributed by atoms with Crippen LogP contribution in [0.25, 0.3) is 5.69 Å². The van der Waals surface area contributed by atoms with E-state index >= 15 is 0 Å². The van der Waals surface area contributed by atoms with E-state index in [0.717, 1.165) is 6.07 Å². The number of halogens is 2. The Kier molecular flexibility index (Phi) is 4.38. The van der Waals surface area contributed by atoms with Gasteiger partial charge >= 0.3 is 0 Å². The molecule has 0 spiro atoms. The van der Waals surface area contributed by atoms with Crippen molar-refractivity contribution in [1.29, 1.82) is 0 Å². The summed E-state index contributed by atoms with van der Waals surface area (Å²) in [5, 5.41) is 6.79. The summed E-state index contributed by atoms with van der Waals surface area (Å²) in [5.74, 6) is -1.55. The maximum atomic E-state index is 13.6. The number of carbonyl (C=O) groups excluding carboxylic acids is 2. The van der Waals surface area contributed by atoms with Crippen molar-refractivity contribution < 1.29 is 18.4 Å². The van der Waals surface area contributed by atoms with E-state index in [2.05, 4.69) is 10.4 Å². The summed E-state index contributed by atoms with van der Waals surface area (Å²) in [7, 11) is 0. The molecule has 0 bridgehead atoms. The van der Waals surface area contributed by atoms with Crippen LogP contribution < -0.4 is 5.32 Å². The predicted octanol–water partition coefficient (Wildman–Crippen LogP) is 3.52. The molecule has 0 aliphatic carbocycles. The van der Waals surface area contributed by atoms with E-state index in [9.17, 15) is 18.4 Å². The molecule has 3 aromatic rings. The highest BCUT2D eigenvalue weighted by molar-refractivity contribution is 6.05. The molecule has 3 rings (SSSR count). The lowest BCUT2D eigenvalue weighted by molar-refractivity contribution is 0.102. The number of anilines is 1. The summed E-state index contributed by atoms with van der Waals surface area (Å²) < 4.78 is 28.1. The third-order valence-electron chi connectivity index (χ3n) is 3.62. The third-order valence-corrected chi connectivity index (χ3v) is 3.62. The van der Waals surface area contributed by atoms with Gasteiger partial charge in [0, 0.05) is 11.9 Å². The van der Waals surface area contributed by atoms with Gasteiger partial charge in [-0.3, -0.25) is 9.59 Å². The molecular formula is C18H13F2N3O2. The number of aromatic nitrogens is 2. The van der Waals surface area contributed by atoms with E-state index in [0.29, 0.717) is 23.2 Å². The summed E-state index contributed by atoms with van der Waals surface area (Å²) in [6.45, 7) is 1.66. The molecule has 0 aliphatic heterocycles. The Bertz CT molecular complexity index is 949. The fourth-order valence-corrected chi connectivity index (χ4v) is 2.31. The highest BCUT2D eigenvalue weighted by atomic mass is 19.1. The van der Waals surface area contributed by atoms with Crippen LogP contribution in [0.15, 0.2) is 48.7 Å². The van der Waals surface area contributed by atoms with Crippen LogP contribution in [0.2, 0.25) is 0 Å². The lowest BCUT2D eigenvalue weighted by Crippen LogP contribution is -2.12. The van der Waals surface area contributed by atoms with Crippen molar-refractivity contribution in [2.45, 2.75) is 6.92 Å². The quantitative estimate of drug-likeness (QED) is 0.739. The molecule has 0 saturated heterocycles. The van der Waals surface area contributed by atoms with Gasteiger partial charge in [-0.1, -0.05) is 0 Å². The molecule has 1 N–H and O–H groups in total. The van der Waals surface area contributed by atoms with Crippen molar-refractivity contribution in [2.75, 3.05) is 5.32 Å². The zero-order valence-electron chi connectivity index (χ0n) is 13.2. The SMILES string of the molecule is Cc1nn(-c2ccc(F)cc2)cc1C(=O)Nc1ccc(C=O)c(F)c1. The number of nitrogens with one attached hydrogen (secondary N) is 1. The molecule has 0 atom stereocenters. The summed E-state index contributed by atoms with van der Waals surface area (Å²) in [6, 6.07) is 9.46. The fraction of sp³-hybridized carbons (Fsp3) is 0.0556. The van der Waals surface area contributed by atoms with Crippen LogP contribution in [-0.2, 0) is 0 Å². The van der Waals surface area contributed by atoms with Gasteiger partial charge in [-0.05, 0) is 49.4 Å². The van der Waals surface area contributed by atoms with Gasteiger partial charge in [-0.2, -0.15) is 5.10 Å². The summed E-state index contributed by atoms with van der Waals surface area (Å²) in [6.07, 6.45) is 1.91. The standard InChI is InChI=1S/C18H13F2N3O2/c1-11-16(9-23(22-11)15-6-3-13(19)4-7-15)18(25)21-14-5-2-12(10-24)17(20)8-14/h2-10H,1H3,(H,21,25). The van der Waals surface area contributed by atoms with E-state index in [4.69, 9.17) is 0 Å². The number of hydrogen-bond acceptors (Lipinski definition) is 3. The average Bonchev–Trinajstić information content (AvgIpc) is 2.97. The monoisotopic (exact) mass is 341 g/mol. The summed E-state index contributed by atoms with van der Waals surface area (Å²) >= 11 is 0. The maximum Gasteiger partial charge on any atom is 0.259 e. The molecule has 1 amide bonds. The first-order valence-corrected chi connectivity index (χ1v) is 7.36. The van der Waals surface area contributed by atoms with Gasteiger partial charge in [0.1, 0.15) is 11.6 Å². The molecule has 7 heteroatoms. The molecule has 25 heavy (non-hydrogen) atoms. The van der Waals surface area contributed by atoms with Crippen molar-refractivity contribution in [1.82, 2.24) is 9.78 Å². The first kappa shape index (κ1) is 16.5. The second-order valence-corrected chi connectivity index (χ2v) is 5.36. The van der Waals surface area contributed by atoms with Crippen molar-refractivity contribution in [2.24, 2.45) is 0 Å². The number of aryl methyl sites for hydroxylation is 1. The van der Waals surface area contributed by atoms with Crippen molar-refractivity contribution in [3.8, 4) is 5.69 Å². The van der Waals surface area contributed by atoms with Gasteiger partial charge in [0.05, 0.1) is 22.5 Å². The Morgan fingerprint density at radius 1 is 1.16 bits per heavy atom. The Morgan fingerprint density at radius 3 is 2.52 bits per heavy atom. The number of benzene rings is 2. The number of rotatable bonds is 4. The minimum atomic E-state index is -0.716. The molecule has 0 saturated carbocycles. The van der Waals surface area contributed by atoms with Crippen LogP contribution in [0.3, 0.4) is 0 Å². The van der Waals surface area contributed by atoms with E-state index < -0.39 is 11.7 Å². The Labute approximate surface area is 141 Å². The second-order valence-electron chi connectivity index (χ2n) is 5.36. The Balaban J connectivity index is 1.84. The zero-order valence-corrected chi connectivity index (χ0v) is 13.2. The predicted molar refractivity (Wildman–Crippen MR) is 88.0 cm³/mol. The fourth-order valence-electron chi connectivity index (χ4n) is 2.31. The van der Waals surface area contributed by atoms with E-state index in [1.807, 2.05) is 0 Å². The zero-order chi connectivity index (χ0) is 18.0. The van der Waals surface area contributed by atoms with E-state index in [-0.39, 0.29) is 17.1 Å². The van der Waals surface area contributed by atoms with Crippen LogP contribution in [0.5, 0.6) is 0 Å². The lowest BCUT2D eigenvalue weighted by atomic mass is 10.2. The first-order valence-electron chi connectivity index (χ1n) is 7.36. The number of nitrogens with zero attached hydrogens (tertiary/aromatic N) is 2. The molecule has 2 aromatic carbocycles. The van der Waals surface area contributed by atoms with Crippen LogP contribution in [0, 0.1) is 18.6 Å². The van der Waals surface area contributed by atoms with Gasteiger partial charge in [0.2, 0.25) is 0 Å². The Hall–Kier alpha value is -3.35. The largest absolute Gasteiger partial charge is 0.322 e. The summed E-state index contributed by atoms with van der Waals surface area (Å²) in [4.78, 5) is 23.0. The molecule has 1 heterocycles. The van der Waals surface area contributed by atoms with Crippen LogP contribution in [-0.4, -0.2) is 22.0 Å². The third kappa shape index (κ3) is 3.45. The maximum absolute atomic E-state index is 13.6. The lowest BCUT2D eigenvalue weighted by Gasteiger charge is -2.05. The minimum Gasteiger partial charge on any atom is -0.322 e.